The Hall–Kier alpha value is -2.24. The van der Waals surface area contributed by atoms with Crippen molar-refractivity contribution in [3.05, 3.63) is 36.0 Å². The lowest BCUT2D eigenvalue weighted by atomic mass is 9.82. The number of esters is 1. The lowest BCUT2D eigenvalue weighted by Crippen LogP contribution is -2.50. The van der Waals surface area contributed by atoms with E-state index >= 15 is 0 Å². The number of nitrogens with one attached hydrogen (secondary N) is 1. The van der Waals surface area contributed by atoms with E-state index in [2.05, 4.69) is 5.32 Å². The number of rotatable bonds is 11. The Morgan fingerprint density at radius 2 is 1.82 bits per heavy atom. The third kappa shape index (κ3) is 12.1. The number of carbonyl (C=O) groups excluding carboxylic acids is 2. The van der Waals surface area contributed by atoms with Crippen molar-refractivity contribution in [3.63, 3.8) is 0 Å². The number of hydrogen-bond acceptors (Lipinski definition) is 9. The number of carbonyl (C=O) groups is 2. The Balaban J connectivity index is 2.24. The fraction of sp³-hybridized carbons (Fsp3) is 0.771. The highest BCUT2D eigenvalue weighted by atomic mass is 16.6. The van der Waals surface area contributed by atoms with E-state index in [4.69, 9.17) is 14.2 Å². The van der Waals surface area contributed by atoms with Gasteiger partial charge in [-0.15, -0.1) is 0 Å². The highest BCUT2D eigenvalue weighted by Gasteiger charge is 2.38. The van der Waals surface area contributed by atoms with Crippen LogP contribution < -0.4 is 5.32 Å². The number of methoxy groups -OCH3 is 1. The first-order chi connectivity index (χ1) is 21.2. The predicted octanol–water partition coefficient (Wildman–Crippen LogP) is 4.38. The number of aliphatic hydroxyl groups excluding tert-OH is 3. The molecule has 0 aromatic rings. The molecule has 10 heteroatoms. The summed E-state index contributed by atoms with van der Waals surface area (Å²) in [6, 6.07) is 0. The molecule has 1 amide bonds. The number of cyclic esters (lactones) is 1. The molecule has 45 heavy (non-hydrogen) atoms. The van der Waals surface area contributed by atoms with E-state index in [9.17, 15) is 24.9 Å². The topological polar surface area (TPSA) is 138 Å². The van der Waals surface area contributed by atoms with Crippen LogP contribution in [0.5, 0.6) is 0 Å². The molecule has 1 saturated heterocycles. The molecule has 0 bridgehead atoms. The van der Waals surface area contributed by atoms with Gasteiger partial charge in [-0.25, -0.2) is 4.79 Å². The Morgan fingerprint density at radius 1 is 1.18 bits per heavy atom. The average molecular weight is 637 g/mol. The Bertz CT molecular complexity index is 1010. The van der Waals surface area contributed by atoms with Crippen LogP contribution in [0, 0.1) is 23.7 Å². The average Bonchev–Trinajstić information content (AvgIpc) is 3.02. The first-order valence-corrected chi connectivity index (χ1v) is 16.7. The van der Waals surface area contributed by atoms with Crippen molar-refractivity contribution in [3.8, 4) is 0 Å². The molecule has 0 spiro atoms. The van der Waals surface area contributed by atoms with Crippen molar-refractivity contribution >= 4 is 12.1 Å². The van der Waals surface area contributed by atoms with Gasteiger partial charge in [0, 0.05) is 39.2 Å². The number of allylic oxidation sites excluding steroid dienone is 3. The summed E-state index contributed by atoms with van der Waals surface area (Å²) in [5.41, 5.74) is -0.106. The molecule has 2 heterocycles. The van der Waals surface area contributed by atoms with Gasteiger partial charge in [-0.3, -0.25) is 4.79 Å². The van der Waals surface area contributed by atoms with Crippen LogP contribution in [0.2, 0.25) is 0 Å². The molecule has 2 aliphatic rings. The molecule has 2 unspecified atom stereocenters. The van der Waals surface area contributed by atoms with Crippen LogP contribution in [0.3, 0.4) is 0 Å². The third-order valence-electron chi connectivity index (χ3n) is 9.70. The van der Waals surface area contributed by atoms with Gasteiger partial charge in [0.15, 0.2) is 6.10 Å². The molecular formula is C35H60N2O8. The molecule has 0 saturated carbocycles. The van der Waals surface area contributed by atoms with Gasteiger partial charge in [-0.05, 0) is 68.9 Å². The monoisotopic (exact) mass is 636 g/mol. The van der Waals surface area contributed by atoms with Crippen LogP contribution in [0.25, 0.3) is 0 Å². The minimum atomic E-state index is -0.934. The van der Waals surface area contributed by atoms with Crippen LogP contribution in [-0.4, -0.2) is 102 Å². The van der Waals surface area contributed by atoms with Gasteiger partial charge >= 0.3 is 12.1 Å². The molecule has 10 atom stereocenters. The normalized spacial score (nSPS) is 31.6. The maximum atomic E-state index is 13.1. The van der Waals surface area contributed by atoms with Crippen LogP contribution in [0.15, 0.2) is 36.0 Å². The second-order valence-corrected chi connectivity index (χ2v) is 13.4. The van der Waals surface area contributed by atoms with Crippen molar-refractivity contribution in [2.24, 2.45) is 23.7 Å². The third-order valence-corrected chi connectivity index (χ3v) is 9.70. The van der Waals surface area contributed by atoms with E-state index in [-0.39, 0.29) is 36.5 Å². The molecule has 2 rings (SSSR count). The van der Waals surface area contributed by atoms with E-state index in [1.807, 2.05) is 78.8 Å². The number of hydrogen-bond donors (Lipinski definition) is 4. The summed E-state index contributed by atoms with van der Waals surface area (Å²) in [5.74, 6) is -0.713. The molecular weight excluding hydrogens is 576 g/mol. The Kier molecular flexibility index (Phi) is 16.3. The fourth-order valence-corrected chi connectivity index (χ4v) is 5.93. The van der Waals surface area contributed by atoms with Crippen molar-refractivity contribution in [1.29, 1.82) is 0 Å². The van der Waals surface area contributed by atoms with Gasteiger partial charge in [0.25, 0.3) is 0 Å². The van der Waals surface area contributed by atoms with Gasteiger partial charge in [-0.1, -0.05) is 58.9 Å². The van der Waals surface area contributed by atoms with Crippen LogP contribution in [0.4, 0.5) is 4.79 Å². The van der Waals surface area contributed by atoms with E-state index in [1.165, 1.54) is 0 Å². The molecule has 0 aliphatic carbocycles. The maximum Gasteiger partial charge on any atom is 0.410 e. The number of nitrogens with zero attached hydrogens (tertiary/aromatic N) is 1. The lowest BCUT2D eigenvalue weighted by molar-refractivity contribution is -0.151. The van der Waals surface area contributed by atoms with Gasteiger partial charge in [-0.2, -0.15) is 0 Å². The molecule has 1 fully saturated rings. The molecule has 0 radical (unpaired) electrons. The van der Waals surface area contributed by atoms with Crippen LogP contribution in [0.1, 0.15) is 80.6 Å². The van der Waals surface area contributed by atoms with Gasteiger partial charge < -0.3 is 39.7 Å². The first kappa shape index (κ1) is 38.9. The zero-order chi connectivity index (χ0) is 33.7. The molecule has 10 nitrogen and oxygen atoms in total. The van der Waals surface area contributed by atoms with Crippen LogP contribution >= 0.6 is 0 Å². The fourth-order valence-electron chi connectivity index (χ4n) is 5.93. The van der Waals surface area contributed by atoms with Crippen molar-refractivity contribution in [2.45, 2.75) is 117 Å². The SMILES string of the molecule is CC[C@H](O)[C@@H](C)C(C)C(O)C[C@H](C)/C=C/C=C(\C)[C@H]1OC(=O)C[C@H](O)CC[C@@](C)(OC)[C@@H](OC(=O)N2CCNCC2)/C=C/[C@@H]1C. The summed E-state index contributed by atoms with van der Waals surface area (Å²) in [4.78, 5) is 27.6. The maximum absolute atomic E-state index is 13.1. The second kappa shape index (κ2) is 18.8. The Morgan fingerprint density at radius 3 is 2.44 bits per heavy atom. The molecule has 0 aromatic carbocycles. The van der Waals surface area contributed by atoms with Crippen molar-refractivity contribution in [1.82, 2.24) is 10.2 Å². The zero-order valence-electron chi connectivity index (χ0n) is 28.8. The smallest absolute Gasteiger partial charge is 0.410 e. The summed E-state index contributed by atoms with van der Waals surface area (Å²) < 4.78 is 17.8. The standard InChI is InChI=1S/C35H60N2O8/c1-9-29(39)26(5)27(6)30(40)21-23(2)11-10-12-24(3)33-25(4)13-14-31(44-34(42)37-19-17-36-18-20-37)35(7,43-8)16-15-28(38)22-32(41)45-33/h10-14,23,25-31,33,36,38-40H,9,15-22H2,1-8H3/b11-10+,14-13+,24-12+/t23-,25+,26+,27?,28-,29+,30?,31+,33-,35-/m1/s1. The van der Waals surface area contributed by atoms with E-state index in [1.54, 1.807) is 12.0 Å². The minimum absolute atomic E-state index is 0.000829. The summed E-state index contributed by atoms with van der Waals surface area (Å²) in [6.07, 6.45) is 7.58. The second-order valence-electron chi connectivity index (χ2n) is 13.4. The van der Waals surface area contributed by atoms with E-state index in [0.717, 1.165) is 5.57 Å². The quantitative estimate of drug-likeness (QED) is 0.148. The summed E-state index contributed by atoms with van der Waals surface area (Å²) in [5, 5.41) is 34.9. The number of piperazine rings is 1. The predicted molar refractivity (Wildman–Crippen MR) is 175 cm³/mol. The van der Waals surface area contributed by atoms with Crippen molar-refractivity contribution < 1.29 is 39.1 Å². The number of amides is 1. The van der Waals surface area contributed by atoms with Gasteiger partial charge in [0.05, 0.1) is 24.7 Å². The van der Waals surface area contributed by atoms with Crippen LogP contribution in [-0.2, 0) is 19.0 Å². The minimum Gasteiger partial charge on any atom is -0.457 e. The molecule has 2 aliphatic heterocycles. The number of ether oxygens (including phenoxy) is 3. The van der Waals surface area contributed by atoms with E-state index < -0.39 is 48.2 Å². The lowest BCUT2D eigenvalue weighted by Gasteiger charge is -2.37. The zero-order valence-corrected chi connectivity index (χ0v) is 28.8. The summed E-state index contributed by atoms with van der Waals surface area (Å²) >= 11 is 0. The van der Waals surface area contributed by atoms with Gasteiger partial charge in [0.1, 0.15) is 11.7 Å². The number of aliphatic hydroxyl groups is 3. The largest absolute Gasteiger partial charge is 0.457 e. The van der Waals surface area contributed by atoms with Crippen molar-refractivity contribution in [2.75, 3.05) is 33.3 Å². The van der Waals surface area contributed by atoms with Gasteiger partial charge in [0.2, 0.25) is 0 Å². The molecule has 0 aromatic heterocycles. The summed E-state index contributed by atoms with van der Waals surface area (Å²) in [6.45, 7) is 16.1. The highest BCUT2D eigenvalue weighted by Crippen LogP contribution is 2.30. The first-order valence-electron chi connectivity index (χ1n) is 16.7. The molecule has 4 N–H and O–H groups in total. The Labute approximate surface area is 270 Å². The molecule has 258 valence electrons. The van der Waals surface area contributed by atoms with E-state index in [0.29, 0.717) is 45.4 Å². The summed E-state index contributed by atoms with van der Waals surface area (Å²) in [7, 11) is 1.56. The highest BCUT2D eigenvalue weighted by molar-refractivity contribution is 5.70.